The lowest BCUT2D eigenvalue weighted by molar-refractivity contribution is -0.146. The zero-order valence-electron chi connectivity index (χ0n) is 12.2. The van der Waals surface area contributed by atoms with Crippen LogP contribution in [0, 0.1) is 12.8 Å². The van der Waals surface area contributed by atoms with Crippen molar-refractivity contribution in [3.8, 4) is 5.75 Å². The average molecular weight is 291 g/mol. The second-order valence-electron chi connectivity index (χ2n) is 5.54. The summed E-state index contributed by atoms with van der Waals surface area (Å²) in [5.74, 6) is -0.276. The van der Waals surface area contributed by atoms with Crippen molar-refractivity contribution in [3.05, 3.63) is 29.8 Å². The van der Waals surface area contributed by atoms with E-state index in [1.165, 1.54) is 0 Å². The zero-order chi connectivity index (χ0) is 15.2. The second-order valence-corrected chi connectivity index (χ2v) is 5.54. The summed E-state index contributed by atoms with van der Waals surface area (Å²) in [6.45, 7) is 2.50. The molecule has 1 saturated carbocycles. The molecule has 1 fully saturated rings. The molecule has 21 heavy (non-hydrogen) atoms. The van der Waals surface area contributed by atoms with Gasteiger partial charge in [-0.1, -0.05) is 12.1 Å². The van der Waals surface area contributed by atoms with Gasteiger partial charge in [0.15, 0.2) is 0 Å². The minimum absolute atomic E-state index is 0.0243. The zero-order valence-corrected chi connectivity index (χ0v) is 12.2. The smallest absolute Gasteiger partial charge is 0.306 e. The molecule has 1 aromatic carbocycles. The van der Waals surface area contributed by atoms with Gasteiger partial charge in [-0.25, -0.2) is 0 Å². The topological polar surface area (TPSA) is 75.6 Å². The van der Waals surface area contributed by atoms with Gasteiger partial charge in [-0.15, -0.1) is 0 Å². The Kier molecular flexibility index (Phi) is 5.20. The highest BCUT2D eigenvalue weighted by molar-refractivity contribution is 5.77. The van der Waals surface area contributed by atoms with Gasteiger partial charge in [-0.3, -0.25) is 9.59 Å². The van der Waals surface area contributed by atoms with Crippen LogP contribution in [0.5, 0.6) is 5.75 Å². The van der Waals surface area contributed by atoms with Gasteiger partial charge in [-0.2, -0.15) is 0 Å². The van der Waals surface area contributed by atoms with Crippen LogP contribution < -0.4 is 10.1 Å². The number of carbonyl (C=O) groups is 2. The number of ether oxygens (including phenoxy) is 1. The van der Waals surface area contributed by atoms with Gasteiger partial charge in [0.25, 0.3) is 0 Å². The number of hydrogen-bond acceptors (Lipinski definition) is 3. The van der Waals surface area contributed by atoms with Gasteiger partial charge < -0.3 is 15.2 Å². The molecule has 114 valence electrons. The number of carboxylic acid groups (broad SMARTS) is 1. The molecule has 5 nitrogen and oxygen atoms in total. The number of amides is 1. The first kappa shape index (κ1) is 15.4. The molecule has 2 rings (SSSR count). The largest absolute Gasteiger partial charge is 0.494 e. The fourth-order valence-electron chi connectivity index (χ4n) is 2.37. The minimum atomic E-state index is -0.771. The second kappa shape index (κ2) is 7.11. The Morgan fingerprint density at radius 3 is 2.81 bits per heavy atom. The van der Waals surface area contributed by atoms with E-state index in [1.54, 1.807) is 0 Å². The molecule has 0 saturated heterocycles. The summed E-state index contributed by atoms with van der Waals surface area (Å²) in [4.78, 5) is 22.3. The predicted octanol–water partition coefficient (Wildman–Crippen LogP) is 2.13. The van der Waals surface area contributed by atoms with Crippen LogP contribution in [0.2, 0.25) is 0 Å². The maximum atomic E-state index is 11.7. The van der Waals surface area contributed by atoms with Crippen molar-refractivity contribution in [2.45, 2.75) is 38.6 Å². The van der Waals surface area contributed by atoms with E-state index in [9.17, 15) is 9.59 Å². The molecule has 0 spiro atoms. The van der Waals surface area contributed by atoms with Crippen molar-refractivity contribution in [1.82, 2.24) is 5.32 Å². The van der Waals surface area contributed by atoms with Crippen LogP contribution >= 0.6 is 0 Å². The Balaban J connectivity index is 1.57. The number of carbonyl (C=O) groups excluding carboxylic acids is 1. The van der Waals surface area contributed by atoms with E-state index < -0.39 is 5.97 Å². The third kappa shape index (κ3) is 4.77. The van der Waals surface area contributed by atoms with Gasteiger partial charge in [0.1, 0.15) is 5.75 Å². The number of aryl methyl sites for hydroxylation is 1. The van der Waals surface area contributed by atoms with Crippen LogP contribution in [-0.4, -0.2) is 29.6 Å². The van der Waals surface area contributed by atoms with Gasteiger partial charge in [0.2, 0.25) is 5.91 Å². The fraction of sp³-hybridized carbons (Fsp3) is 0.500. The summed E-state index contributed by atoms with van der Waals surface area (Å²) in [6, 6.07) is 7.82. The molecular formula is C16H21NO4. The Morgan fingerprint density at radius 2 is 2.14 bits per heavy atom. The van der Waals surface area contributed by atoms with Crippen molar-refractivity contribution >= 4 is 11.9 Å². The Bertz CT molecular complexity index is 509. The first-order chi connectivity index (χ1) is 10.0. The van der Waals surface area contributed by atoms with E-state index in [-0.39, 0.29) is 17.9 Å². The summed E-state index contributed by atoms with van der Waals surface area (Å²) >= 11 is 0. The van der Waals surface area contributed by atoms with Crippen LogP contribution in [-0.2, 0) is 9.59 Å². The van der Waals surface area contributed by atoms with Crippen LogP contribution in [0.25, 0.3) is 0 Å². The molecule has 1 aliphatic rings. The SMILES string of the molecule is Cc1cccc(OCCCC(=O)NC2CC(C(=O)O)C2)c1. The van der Waals surface area contributed by atoms with E-state index in [0.717, 1.165) is 11.3 Å². The molecule has 0 atom stereocenters. The third-order valence-corrected chi connectivity index (χ3v) is 3.66. The number of carboxylic acids is 1. The normalized spacial score (nSPS) is 20.4. The van der Waals surface area contributed by atoms with Crippen molar-refractivity contribution < 1.29 is 19.4 Å². The summed E-state index contributed by atoms with van der Waals surface area (Å²) in [5.41, 5.74) is 1.14. The summed E-state index contributed by atoms with van der Waals surface area (Å²) in [6.07, 6.45) is 2.14. The van der Waals surface area contributed by atoms with E-state index in [1.807, 2.05) is 31.2 Å². The third-order valence-electron chi connectivity index (χ3n) is 3.66. The predicted molar refractivity (Wildman–Crippen MR) is 78.2 cm³/mol. The summed E-state index contributed by atoms with van der Waals surface area (Å²) < 4.78 is 5.57. The van der Waals surface area contributed by atoms with E-state index in [0.29, 0.717) is 32.3 Å². The van der Waals surface area contributed by atoms with Crippen molar-refractivity contribution in [2.75, 3.05) is 6.61 Å². The van der Waals surface area contributed by atoms with Crippen LogP contribution in [0.4, 0.5) is 0 Å². The molecule has 0 bridgehead atoms. The lowest BCUT2D eigenvalue weighted by atomic mass is 9.80. The number of rotatable bonds is 7. The summed E-state index contributed by atoms with van der Waals surface area (Å²) in [7, 11) is 0. The molecule has 5 heteroatoms. The molecular weight excluding hydrogens is 270 g/mol. The number of benzene rings is 1. The fourth-order valence-corrected chi connectivity index (χ4v) is 2.37. The van der Waals surface area contributed by atoms with E-state index >= 15 is 0 Å². The first-order valence-electron chi connectivity index (χ1n) is 7.26. The molecule has 1 aliphatic carbocycles. The molecule has 1 aromatic rings. The molecule has 0 unspecified atom stereocenters. The molecule has 0 aromatic heterocycles. The molecule has 0 heterocycles. The first-order valence-corrected chi connectivity index (χ1v) is 7.26. The van der Waals surface area contributed by atoms with Crippen LogP contribution in [0.3, 0.4) is 0 Å². The van der Waals surface area contributed by atoms with Crippen molar-refractivity contribution in [2.24, 2.45) is 5.92 Å². The lowest BCUT2D eigenvalue weighted by Gasteiger charge is -2.32. The molecule has 0 aliphatic heterocycles. The number of hydrogen-bond donors (Lipinski definition) is 2. The Hall–Kier alpha value is -2.04. The monoisotopic (exact) mass is 291 g/mol. The highest BCUT2D eigenvalue weighted by Gasteiger charge is 2.34. The van der Waals surface area contributed by atoms with Crippen molar-refractivity contribution in [1.29, 1.82) is 0 Å². The quantitative estimate of drug-likeness (QED) is 0.755. The van der Waals surface area contributed by atoms with Crippen molar-refractivity contribution in [3.63, 3.8) is 0 Å². The van der Waals surface area contributed by atoms with Crippen LogP contribution in [0.1, 0.15) is 31.2 Å². The van der Waals surface area contributed by atoms with Crippen LogP contribution in [0.15, 0.2) is 24.3 Å². The highest BCUT2D eigenvalue weighted by atomic mass is 16.5. The molecule has 0 radical (unpaired) electrons. The molecule has 1 amide bonds. The van der Waals surface area contributed by atoms with Gasteiger partial charge in [-0.05, 0) is 43.9 Å². The maximum absolute atomic E-state index is 11.7. The lowest BCUT2D eigenvalue weighted by Crippen LogP contribution is -2.46. The Morgan fingerprint density at radius 1 is 1.38 bits per heavy atom. The molecule has 2 N–H and O–H groups in total. The van der Waals surface area contributed by atoms with E-state index in [2.05, 4.69) is 5.32 Å². The van der Waals surface area contributed by atoms with Gasteiger partial charge >= 0.3 is 5.97 Å². The highest BCUT2D eigenvalue weighted by Crippen LogP contribution is 2.27. The number of aliphatic carboxylic acids is 1. The standard InChI is InChI=1S/C16H21NO4/c1-11-4-2-5-14(8-11)21-7-3-6-15(18)17-13-9-12(10-13)16(19)20/h2,4-5,8,12-13H,3,6-7,9-10H2,1H3,(H,17,18)(H,19,20). The maximum Gasteiger partial charge on any atom is 0.306 e. The number of nitrogens with one attached hydrogen (secondary N) is 1. The average Bonchev–Trinajstić information content (AvgIpc) is 2.38. The Labute approximate surface area is 124 Å². The summed E-state index contributed by atoms with van der Waals surface area (Å²) in [5, 5.41) is 11.6. The van der Waals surface area contributed by atoms with Gasteiger partial charge in [0.05, 0.1) is 12.5 Å². The minimum Gasteiger partial charge on any atom is -0.494 e. The van der Waals surface area contributed by atoms with Gasteiger partial charge in [0, 0.05) is 12.5 Å². The van der Waals surface area contributed by atoms with E-state index in [4.69, 9.17) is 9.84 Å².